The summed E-state index contributed by atoms with van der Waals surface area (Å²) in [5, 5.41) is 19.8. The van der Waals surface area contributed by atoms with Crippen LogP contribution in [0.15, 0.2) is 6.33 Å². The molecule has 0 aliphatic heterocycles. The molecule has 0 atom stereocenters. The summed E-state index contributed by atoms with van der Waals surface area (Å²) in [6.07, 6.45) is 1.43. The van der Waals surface area contributed by atoms with E-state index in [2.05, 4.69) is 15.4 Å². The Kier molecular flexibility index (Phi) is 4.96. The molecule has 0 unspecified atom stereocenters. The molecule has 0 bridgehead atoms. The van der Waals surface area contributed by atoms with Crippen LogP contribution in [0.25, 0.3) is 0 Å². The lowest BCUT2D eigenvalue weighted by Gasteiger charge is -2.26. The van der Waals surface area contributed by atoms with E-state index in [0.717, 1.165) is 0 Å². The van der Waals surface area contributed by atoms with Crippen LogP contribution >= 0.6 is 0 Å². The number of nitro groups is 1. The van der Waals surface area contributed by atoms with Crippen molar-refractivity contribution in [2.45, 2.75) is 26.3 Å². The van der Waals surface area contributed by atoms with E-state index >= 15 is 0 Å². The van der Waals surface area contributed by atoms with Gasteiger partial charge < -0.3 is 10.3 Å². The van der Waals surface area contributed by atoms with E-state index in [1.165, 1.54) is 6.33 Å². The Morgan fingerprint density at radius 1 is 1.63 bits per heavy atom. The molecule has 0 amide bonds. The van der Waals surface area contributed by atoms with Gasteiger partial charge in [0.25, 0.3) is 0 Å². The van der Waals surface area contributed by atoms with Crippen molar-refractivity contribution in [3.8, 4) is 6.07 Å². The molecule has 0 aliphatic rings. The first-order valence-electron chi connectivity index (χ1n) is 5.62. The number of anilines is 2. The van der Waals surface area contributed by atoms with Crippen LogP contribution in [-0.2, 0) is 0 Å². The molecule has 0 saturated heterocycles. The molecule has 102 valence electrons. The zero-order valence-electron chi connectivity index (χ0n) is 10.7. The fourth-order valence-electron chi connectivity index (χ4n) is 1.63. The minimum Gasteiger partial charge on any atom is -0.347 e. The molecular weight excluding hydrogens is 250 g/mol. The van der Waals surface area contributed by atoms with Gasteiger partial charge in [0, 0.05) is 12.6 Å². The fourth-order valence-corrected chi connectivity index (χ4v) is 1.63. The second-order valence-electron chi connectivity index (χ2n) is 3.99. The van der Waals surface area contributed by atoms with Crippen LogP contribution in [0.1, 0.15) is 20.3 Å². The van der Waals surface area contributed by atoms with Crippen molar-refractivity contribution in [1.82, 2.24) is 9.97 Å². The topological polar surface area (TPSA) is 134 Å². The summed E-state index contributed by atoms with van der Waals surface area (Å²) >= 11 is 0. The Bertz CT molecular complexity index is 497. The van der Waals surface area contributed by atoms with E-state index in [1.807, 2.05) is 19.9 Å². The lowest BCUT2D eigenvalue weighted by molar-refractivity contribution is -0.383. The normalized spacial score (nSPS) is 10.1. The molecule has 1 aromatic heterocycles. The van der Waals surface area contributed by atoms with Gasteiger partial charge in [-0.3, -0.25) is 10.1 Å². The Balaban J connectivity index is 3.30. The summed E-state index contributed by atoms with van der Waals surface area (Å²) in [5.41, 5.74) is 1.89. The van der Waals surface area contributed by atoms with Crippen molar-refractivity contribution < 1.29 is 4.92 Å². The molecule has 1 heterocycles. The van der Waals surface area contributed by atoms with Crippen molar-refractivity contribution in [2.24, 2.45) is 5.84 Å². The summed E-state index contributed by atoms with van der Waals surface area (Å²) in [5.74, 6) is 5.31. The first kappa shape index (κ1) is 14.6. The number of aromatic nitrogens is 2. The molecule has 9 nitrogen and oxygen atoms in total. The van der Waals surface area contributed by atoms with E-state index in [9.17, 15) is 10.1 Å². The number of hydrogen-bond donors (Lipinski definition) is 2. The number of nitrogens with two attached hydrogens (primary N) is 1. The Hall–Kier alpha value is -2.47. The lowest BCUT2D eigenvalue weighted by atomic mass is 10.2. The highest BCUT2D eigenvalue weighted by Crippen LogP contribution is 2.32. The van der Waals surface area contributed by atoms with Crippen LogP contribution in [0, 0.1) is 21.4 Å². The number of hydrogen-bond acceptors (Lipinski definition) is 8. The third-order valence-electron chi connectivity index (χ3n) is 2.48. The summed E-state index contributed by atoms with van der Waals surface area (Å²) < 4.78 is 0. The van der Waals surface area contributed by atoms with E-state index in [1.54, 1.807) is 4.90 Å². The average Bonchev–Trinajstić information content (AvgIpc) is 2.38. The number of nitrogens with one attached hydrogen (secondary N) is 1. The van der Waals surface area contributed by atoms with Crippen molar-refractivity contribution in [3.63, 3.8) is 0 Å². The predicted octanol–water partition coefficient (Wildman–Crippen LogP) is 0.799. The van der Waals surface area contributed by atoms with E-state index in [-0.39, 0.29) is 29.8 Å². The molecule has 0 spiro atoms. The molecular formula is C10H15N7O2. The van der Waals surface area contributed by atoms with Gasteiger partial charge in [0.1, 0.15) is 6.33 Å². The molecule has 0 aliphatic carbocycles. The highest BCUT2D eigenvalue weighted by atomic mass is 16.6. The van der Waals surface area contributed by atoms with Crippen LogP contribution in [0.5, 0.6) is 0 Å². The smallest absolute Gasteiger partial charge is 0.347 e. The molecule has 9 heteroatoms. The van der Waals surface area contributed by atoms with Crippen LogP contribution in [0.3, 0.4) is 0 Å². The fraction of sp³-hybridized carbons (Fsp3) is 0.500. The molecule has 1 rings (SSSR count). The van der Waals surface area contributed by atoms with E-state index in [0.29, 0.717) is 6.54 Å². The maximum atomic E-state index is 11.1. The number of hydrazine groups is 1. The van der Waals surface area contributed by atoms with Gasteiger partial charge in [-0.1, -0.05) is 0 Å². The van der Waals surface area contributed by atoms with Crippen molar-refractivity contribution in [2.75, 3.05) is 16.9 Å². The summed E-state index contributed by atoms with van der Waals surface area (Å²) in [6, 6.07) is 1.96. The van der Waals surface area contributed by atoms with Gasteiger partial charge >= 0.3 is 5.69 Å². The number of nitrogen functional groups attached to an aromatic ring is 1. The number of rotatable bonds is 6. The summed E-state index contributed by atoms with van der Waals surface area (Å²) in [6.45, 7) is 4.06. The highest BCUT2D eigenvalue weighted by molar-refractivity contribution is 5.70. The van der Waals surface area contributed by atoms with Crippen LogP contribution < -0.4 is 16.2 Å². The quantitative estimate of drug-likeness (QED) is 0.438. The van der Waals surface area contributed by atoms with E-state index in [4.69, 9.17) is 11.1 Å². The Morgan fingerprint density at radius 3 is 2.79 bits per heavy atom. The van der Waals surface area contributed by atoms with Gasteiger partial charge in [-0.2, -0.15) is 5.26 Å². The predicted molar refractivity (Wildman–Crippen MR) is 69.2 cm³/mol. The molecule has 0 saturated carbocycles. The second kappa shape index (κ2) is 6.46. The second-order valence-corrected chi connectivity index (χ2v) is 3.99. The zero-order valence-corrected chi connectivity index (χ0v) is 10.7. The van der Waals surface area contributed by atoms with Gasteiger partial charge in [0.05, 0.1) is 17.4 Å². The van der Waals surface area contributed by atoms with Crippen LogP contribution in [0.4, 0.5) is 17.3 Å². The van der Waals surface area contributed by atoms with Crippen molar-refractivity contribution in [1.29, 1.82) is 5.26 Å². The molecule has 3 N–H and O–H groups in total. The molecule has 19 heavy (non-hydrogen) atoms. The average molecular weight is 265 g/mol. The summed E-state index contributed by atoms with van der Waals surface area (Å²) in [4.78, 5) is 19.9. The highest BCUT2D eigenvalue weighted by Gasteiger charge is 2.27. The monoisotopic (exact) mass is 265 g/mol. The minimum absolute atomic E-state index is 0.0485. The lowest BCUT2D eigenvalue weighted by Crippen LogP contribution is -2.33. The SMILES string of the molecule is CC(C)N(CCC#N)c1ncnc(NN)c1[N+](=O)[O-]. The minimum atomic E-state index is -0.591. The molecule has 0 aromatic carbocycles. The zero-order chi connectivity index (χ0) is 14.4. The van der Waals surface area contributed by atoms with Crippen molar-refractivity contribution in [3.05, 3.63) is 16.4 Å². The standard InChI is InChI=1S/C10H15N7O2/c1-7(2)16(5-3-4-11)10-8(17(18)19)9(15-12)13-6-14-10/h6-7H,3,5,12H2,1-2H3,(H,13,14,15). The third kappa shape index (κ3) is 3.26. The van der Waals surface area contributed by atoms with E-state index < -0.39 is 4.92 Å². The first-order valence-corrected chi connectivity index (χ1v) is 5.62. The molecule has 1 aromatic rings. The largest absolute Gasteiger partial charge is 0.354 e. The Morgan fingerprint density at radius 2 is 2.32 bits per heavy atom. The third-order valence-corrected chi connectivity index (χ3v) is 2.48. The van der Waals surface area contributed by atoms with Crippen LogP contribution in [0.2, 0.25) is 0 Å². The first-order chi connectivity index (χ1) is 9.02. The number of nitriles is 1. The maximum absolute atomic E-state index is 11.1. The van der Waals surface area contributed by atoms with Crippen molar-refractivity contribution >= 4 is 17.3 Å². The maximum Gasteiger partial charge on any atom is 0.354 e. The van der Waals surface area contributed by atoms with Gasteiger partial charge in [-0.15, -0.1) is 0 Å². The molecule has 0 fully saturated rings. The van der Waals surface area contributed by atoms with Gasteiger partial charge in [-0.25, -0.2) is 15.8 Å². The number of nitrogens with zero attached hydrogens (tertiary/aromatic N) is 5. The van der Waals surface area contributed by atoms with Gasteiger partial charge in [0.2, 0.25) is 11.6 Å². The summed E-state index contributed by atoms with van der Waals surface area (Å²) in [7, 11) is 0. The van der Waals surface area contributed by atoms with Gasteiger partial charge in [0.15, 0.2) is 0 Å². The molecule has 0 radical (unpaired) electrons. The van der Waals surface area contributed by atoms with Crippen LogP contribution in [-0.4, -0.2) is 27.5 Å². The Labute approximate surface area is 110 Å². The van der Waals surface area contributed by atoms with Gasteiger partial charge in [-0.05, 0) is 13.8 Å².